The van der Waals surface area contributed by atoms with Crippen molar-refractivity contribution in [2.45, 2.75) is 33.2 Å². The monoisotopic (exact) mass is 202 g/mol. The Morgan fingerprint density at radius 2 is 2.14 bits per heavy atom. The van der Waals surface area contributed by atoms with Crippen LogP contribution in [0, 0.1) is 5.92 Å². The molecule has 14 heavy (non-hydrogen) atoms. The van der Waals surface area contributed by atoms with Crippen molar-refractivity contribution in [2.75, 3.05) is 19.8 Å². The van der Waals surface area contributed by atoms with E-state index in [1.165, 1.54) is 0 Å². The number of rotatable bonds is 7. The summed E-state index contributed by atoms with van der Waals surface area (Å²) in [5, 5.41) is 2.88. The van der Waals surface area contributed by atoms with Gasteiger partial charge in [0.05, 0.1) is 6.61 Å². The van der Waals surface area contributed by atoms with Crippen molar-refractivity contribution in [3.63, 3.8) is 0 Å². The fraction of sp³-hybridized carbons (Fsp3) is 0.900. The first kappa shape index (κ1) is 13.4. The van der Waals surface area contributed by atoms with Gasteiger partial charge in [-0.3, -0.25) is 4.79 Å². The third-order valence-corrected chi connectivity index (χ3v) is 2.08. The van der Waals surface area contributed by atoms with Gasteiger partial charge in [-0.25, -0.2) is 0 Å². The summed E-state index contributed by atoms with van der Waals surface area (Å²) < 4.78 is 5.09. The molecule has 0 saturated carbocycles. The van der Waals surface area contributed by atoms with Crippen LogP contribution in [0.3, 0.4) is 0 Å². The zero-order valence-electron chi connectivity index (χ0n) is 9.38. The van der Waals surface area contributed by atoms with E-state index in [-0.39, 0.29) is 11.9 Å². The van der Waals surface area contributed by atoms with Crippen molar-refractivity contribution >= 4 is 5.91 Å². The predicted octanol–water partition coefficient (Wildman–Crippen LogP) is 0.513. The molecule has 1 atom stereocenters. The number of amides is 1. The summed E-state index contributed by atoms with van der Waals surface area (Å²) in [4.78, 5) is 11.3. The third-order valence-electron chi connectivity index (χ3n) is 2.08. The molecule has 0 bridgehead atoms. The van der Waals surface area contributed by atoms with Crippen LogP contribution in [0.5, 0.6) is 0 Å². The van der Waals surface area contributed by atoms with Gasteiger partial charge in [0.15, 0.2) is 0 Å². The molecule has 0 aliphatic rings. The summed E-state index contributed by atoms with van der Waals surface area (Å²) in [5.74, 6) is 0.388. The van der Waals surface area contributed by atoms with Crippen molar-refractivity contribution < 1.29 is 9.53 Å². The van der Waals surface area contributed by atoms with E-state index in [0.29, 0.717) is 32.1 Å². The summed E-state index contributed by atoms with van der Waals surface area (Å²) in [7, 11) is 0. The lowest BCUT2D eigenvalue weighted by Gasteiger charge is -2.20. The fourth-order valence-electron chi connectivity index (χ4n) is 1.09. The quantitative estimate of drug-likeness (QED) is 0.591. The highest BCUT2D eigenvalue weighted by molar-refractivity contribution is 5.76. The molecule has 3 N–H and O–H groups in total. The van der Waals surface area contributed by atoms with Crippen LogP contribution >= 0.6 is 0 Å². The average molecular weight is 202 g/mol. The Morgan fingerprint density at radius 3 is 2.57 bits per heavy atom. The molecule has 0 aromatic rings. The predicted molar refractivity (Wildman–Crippen MR) is 56.9 cm³/mol. The topological polar surface area (TPSA) is 64.3 Å². The second-order valence-corrected chi connectivity index (χ2v) is 3.60. The van der Waals surface area contributed by atoms with Crippen molar-refractivity contribution in [3.8, 4) is 0 Å². The van der Waals surface area contributed by atoms with Gasteiger partial charge in [0, 0.05) is 25.6 Å². The van der Waals surface area contributed by atoms with Gasteiger partial charge >= 0.3 is 0 Å². The Labute approximate surface area is 86.2 Å². The minimum Gasteiger partial charge on any atom is -0.381 e. The number of ether oxygens (including phenoxy) is 1. The number of hydrogen-bond donors (Lipinski definition) is 2. The number of carbonyl (C=O) groups excluding carboxylic acids is 1. The van der Waals surface area contributed by atoms with Gasteiger partial charge in [-0.15, -0.1) is 0 Å². The van der Waals surface area contributed by atoms with Crippen LogP contribution in [0.1, 0.15) is 27.2 Å². The van der Waals surface area contributed by atoms with Gasteiger partial charge in [0.2, 0.25) is 5.91 Å². The summed E-state index contributed by atoms with van der Waals surface area (Å²) >= 11 is 0. The van der Waals surface area contributed by atoms with E-state index < -0.39 is 0 Å². The van der Waals surface area contributed by atoms with E-state index in [1.807, 2.05) is 20.8 Å². The van der Waals surface area contributed by atoms with Gasteiger partial charge in [-0.05, 0) is 12.8 Å². The Morgan fingerprint density at radius 1 is 1.50 bits per heavy atom. The molecular weight excluding hydrogens is 180 g/mol. The molecule has 0 spiro atoms. The largest absolute Gasteiger partial charge is 0.381 e. The minimum absolute atomic E-state index is 0.0163. The molecule has 4 nitrogen and oxygen atoms in total. The highest BCUT2D eigenvalue weighted by Gasteiger charge is 2.13. The first-order chi connectivity index (χ1) is 6.61. The van der Waals surface area contributed by atoms with E-state index in [0.717, 1.165) is 0 Å². The van der Waals surface area contributed by atoms with E-state index >= 15 is 0 Å². The summed E-state index contributed by atoms with van der Waals surface area (Å²) in [6, 6.07) is 0.0733. The van der Waals surface area contributed by atoms with Crippen LogP contribution in [-0.4, -0.2) is 31.7 Å². The molecule has 0 radical (unpaired) electrons. The number of carbonyl (C=O) groups is 1. The van der Waals surface area contributed by atoms with Gasteiger partial charge in [0.25, 0.3) is 0 Å². The lowest BCUT2D eigenvalue weighted by Crippen LogP contribution is -2.43. The van der Waals surface area contributed by atoms with Crippen molar-refractivity contribution in [3.05, 3.63) is 0 Å². The number of nitrogens with one attached hydrogen (secondary N) is 1. The van der Waals surface area contributed by atoms with Gasteiger partial charge in [-0.2, -0.15) is 0 Å². The second kappa shape index (κ2) is 7.76. The summed E-state index contributed by atoms with van der Waals surface area (Å²) in [5.41, 5.74) is 5.53. The number of hydrogen-bond acceptors (Lipinski definition) is 3. The zero-order chi connectivity index (χ0) is 11.0. The Hall–Kier alpha value is -0.610. The van der Waals surface area contributed by atoms with Crippen molar-refractivity contribution in [1.82, 2.24) is 5.32 Å². The normalized spacial score (nSPS) is 12.9. The van der Waals surface area contributed by atoms with Crippen LogP contribution in [0.15, 0.2) is 0 Å². The molecule has 0 saturated heterocycles. The first-order valence-electron chi connectivity index (χ1n) is 5.19. The van der Waals surface area contributed by atoms with Crippen molar-refractivity contribution in [2.24, 2.45) is 11.7 Å². The van der Waals surface area contributed by atoms with Crippen LogP contribution < -0.4 is 11.1 Å². The molecule has 1 unspecified atom stereocenters. The molecule has 84 valence electrons. The smallest absolute Gasteiger partial charge is 0.222 e. The van der Waals surface area contributed by atoms with Gasteiger partial charge in [-0.1, -0.05) is 13.8 Å². The number of nitrogens with two attached hydrogens (primary N) is 1. The molecule has 0 fully saturated rings. The molecular formula is C10H22N2O2. The molecule has 0 aromatic heterocycles. The summed E-state index contributed by atoms with van der Waals surface area (Å²) in [6.45, 7) is 7.61. The SMILES string of the molecule is CCOCCC(=O)NC(CN)C(C)C. The minimum atomic E-state index is 0.0163. The van der Waals surface area contributed by atoms with E-state index in [4.69, 9.17) is 10.5 Å². The summed E-state index contributed by atoms with van der Waals surface area (Å²) in [6.07, 6.45) is 0.414. The van der Waals surface area contributed by atoms with Crippen LogP contribution in [0.2, 0.25) is 0 Å². The van der Waals surface area contributed by atoms with Crippen LogP contribution in [-0.2, 0) is 9.53 Å². The van der Waals surface area contributed by atoms with Crippen molar-refractivity contribution in [1.29, 1.82) is 0 Å². The maximum absolute atomic E-state index is 11.3. The Bertz CT molecular complexity index is 160. The third kappa shape index (κ3) is 5.94. The highest BCUT2D eigenvalue weighted by Crippen LogP contribution is 1.99. The lowest BCUT2D eigenvalue weighted by atomic mass is 10.0. The van der Waals surface area contributed by atoms with E-state index in [9.17, 15) is 4.79 Å². The van der Waals surface area contributed by atoms with E-state index in [1.54, 1.807) is 0 Å². The highest BCUT2D eigenvalue weighted by atomic mass is 16.5. The van der Waals surface area contributed by atoms with Gasteiger partial charge in [0.1, 0.15) is 0 Å². The first-order valence-corrected chi connectivity index (χ1v) is 5.19. The molecule has 1 amide bonds. The lowest BCUT2D eigenvalue weighted by molar-refractivity contribution is -0.123. The van der Waals surface area contributed by atoms with Crippen LogP contribution in [0.4, 0.5) is 0 Å². The Balaban J connectivity index is 3.68. The second-order valence-electron chi connectivity index (χ2n) is 3.60. The molecule has 0 aliphatic carbocycles. The molecule has 0 rings (SSSR count). The molecule has 4 heteroatoms. The van der Waals surface area contributed by atoms with Crippen LogP contribution in [0.25, 0.3) is 0 Å². The molecule has 0 aliphatic heterocycles. The standard InChI is InChI=1S/C10H22N2O2/c1-4-14-6-5-10(13)12-9(7-11)8(2)3/h8-9H,4-7,11H2,1-3H3,(H,12,13). The maximum Gasteiger partial charge on any atom is 0.222 e. The average Bonchev–Trinajstić information content (AvgIpc) is 2.14. The molecule has 0 heterocycles. The zero-order valence-corrected chi connectivity index (χ0v) is 9.38. The van der Waals surface area contributed by atoms with Gasteiger partial charge < -0.3 is 15.8 Å². The fourth-order valence-corrected chi connectivity index (χ4v) is 1.09. The van der Waals surface area contributed by atoms with E-state index in [2.05, 4.69) is 5.32 Å². The molecule has 0 aromatic carbocycles. The maximum atomic E-state index is 11.3. The Kier molecular flexibility index (Phi) is 7.42.